The van der Waals surface area contributed by atoms with Gasteiger partial charge in [0.25, 0.3) is 5.91 Å². The normalized spacial score (nSPS) is 11.1. The zero-order valence-corrected chi connectivity index (χ0v) is 10.2. The number of nitrogens with one attached hydrogen (secondary N) is 2. The molecular formula is C10H13BrN2O2. The fourth-order valence-corrected chi connectivity index (χ4v) is 1.13. The Morgan fingerprint density at radius 1 is 1.53 bits per heavy atom. The molecule has 15 heavy (non-hydrogen) atoms. The van der Waals surface area contributed by atoms with Crippen LogP contribution < -0.4 is 10.9 Å². The highest BCUT2D eigenvalue weighted by Gasteiger charge is 2.19. The topological polar surface area (TPSA) is 62.0 Å². The summed E-state index contributed by atoms with van der Waals surface area (Å²) in [6, 6.07) is 4.49. The second-order valence-corrected chi connectivity index (χ2v) is 4.46. The quantitative estimate of drug-likeness (QED) is 0.815. The highest BCUT2D eigenvalue weighted by Crippen LogP contribution is 2.06. The number of pyridine rings is 1. The highest BCUT2D eigenvalue weighted by atomic mass is 79.9. The average Bonchev–Trinajstić information content (AvgIpc) is 2.17. The van der Waals surface area contributed by atoms with E-state index >= 15 is 0 Å². The molecule has 82 valence electrons. The van der Waals surface area contributed by atoms with E-state index in [1.165, 1.54) is 6.07 Å². The summed E-state index contributed by atoms with van der Waals surface area (Å²) in [5.74, 6) is -0.280. The molecule has 0 fully saturated rings. The first-order valence-corrected chi connectivity index (χ1v) is 5.64. The molecule has 2 N–H and O–H groups in total. The van der Waals surface area contributed by atoms with Crippen molar-refractivity contribution >= 4 is 21.8 Å². The minimum atomic E-state index is -0.343. The number of hydrogen-bond acceptors (Lipinski definition) is 2. The minimum Gasteiger partial charge on any atom is -0.345 e. The molecule has 1 rings (SSSR count). The SMILES string of the molecule is CC(C)(CBr)NC(=O)c1cccc(=O)[nH]1. The number of H-pyrrole nitrogens is 1. The van der Waals surface area contributed by atoms with E-state index in [4.69, 9.17) is 0 Å². The van der Waals surface area contributed by atoms with Crippen molar-refractivity contribution in [1.82, 2.24) is 10.3 Å². The lowest BCUT2D eigenvalue weighted by Crippen LogP contribution is -2.45. The Morgan fingerprint density at radius 3 is 2.73 bits per heavy atom. The van der Waals surface area contributed by atoms with E-state index in [-0.39, 0.29) is 22.7 Å². The second kappa shape index (κ2) is 4.61. The van der Waals surface area contributed by atoms with Gasteiger partial charge in [0.1, 0.15) is 5.69 Å². The van der Waals surface area contributed by atoms with Crippen LogP contribution in [0.3, 0.4) is 0 Å². The number of amides is 1. The number of rotatable bonds is 3. The summed E-state index contributed by atoms with van der Waals surface area (Å²) in [4.78, 5) is 25.1. The predicted octanol–water partition coefficient (Wildman–Crippen LogP) is 1.28. The van der Waals surface area contributed by atoms with Gasteiger partial charge in [-0.25, -0.2) is 0 Å². The van der Waals surface area contributed by atoms with Gasteiger partial charge in [0.15, 0.2) is 0 Å². The first-order valence-electron chi connectivity index (χ1n) is 4.52. The molecule has 1 aromatic heterocycles. The Bertz CT molecular complexity index is 412. The van der Waals surface area contributed by atoms with Gasteiger partial charge in [0.2, 0.25) is 5.56 Å². The van der Waals surface area contributed by atoms with Crippen LogP contribution in [0.1, 0.15) is 24.3 Å². The van der Waals surface area contributed by atoms with Crippen LogP contribution in [-0.2, 0) is 0 Å². The molecular weight excluding hydrogens is 260 g/mol. The van der Waals surface area contributed by atoms with Crippen LogP contribution in [0.4, 0.5) is 0 Å². The van der Waals surface area contributed by atoms with Gasteiger partial charge in [-0.3, -0.25) is 9.59 Å². The van der Waals surface area contributed by atoms with Crippen LogP contribution in [0.25, 0.3) is 0 Å². The molecule has 0 aromatic carbocycles. The number of aromatic amines is 1. The maximum atomic E-state index is 11.7. The Hall–Kier alpha value is -1.10. The number of aromatic nitrogens is 1. The molecule has 0 unspecified atom stereocenters. The molecule has 1 heterocycles. The smallest absolute Gasteiger partial charge is 0.268 e. The second-order valence-electron chi connectivity index (χ2n) is 3.90. The molecule has 0 atom stereocenters. The Morgan fingerprint density at radius 2 is 2.20 bits per heavy atom. The van der Waals surface area contributed by atoms with Crippen molar-refractivity contribution in [2.75, 3.05) is 5.33 Å². The Kier molecular flexibility index (Phi) is 3.68. The van der Waals surface area contributed by atoms with Gasteiger partial charge in [-0.1, -0.05) is 22.0 Å². The number of alkyl halides is 1. The van der Waals surface area contributed by atoms with E-state index in [1.54, 1.807) is 12.1 Å². The molecule has 0 radical (unpaired) electrons. The average molecular weight is 273 g/mol. The lowest BCUT2D eigenvalue weighted by molar-refractivity contribution is 0.0916. The molecule has 0 saturated carbocycles. The number of carbonyl (C=O) groups is 1. The van der Waals surface area contributed by atoms with Crippen molar-refractivity contribution in [3.05, 3.63) is 34.2 Å². The number of halogens is 1. The van der Waals surface area contributed by atoms with Gasteiger partial charge in [0, 0.05) is 16.9 Å². The van der Waals surface area contributed by atoms with Crippen LogP contribution in [-0.4, -0.2) is 21.8 Å². The fraction of sp³-hybridized carbons (Fsp3) is 0.400. The number of hydrogen-bond donors (Lipinski definition) is 2. The van der Waals surface area contributed by atoms with E-state index in [9.17, 15) is 9.59 Å². The molecule has 0 aliphatic rings. The van der Waals surface area contributed by atoms with Gasteiger partial charge in [0.05, 0.1) is 0 Å². The molecule has 0 spiro atoms. The third kappa shape index (κ3) is 3.51. The summed E-state index contributed by atoms with van der Waals surface area (Å²) in [6.45, 7) is 3.78. The lowest BCUT2D eigenvalue weighted by Gasteiger charge is -2.23. The Labute approximate surface area is 96.2 Å². The van der Waals surface area contributed by atoms with E-state index in [0.29, 0.717) is 5.33 Å². The van der Waals surface area contributed by atoms with Gasteiger partial charge in [-0.05, 0) is 19.9 Å². The molecule has 5 heteroatoms. The van der Waals surface area contributed by atoms with Crippen molar-refractivity contribution < 1.29 is 4.79 Å². The molecule has 0 saturated heterocycles. The molecule has 0 aliphatic heterocycles. The van der Waals surface area contributed by atoms with Crippen molar-refractivity contribution in [3.63, 3.8) is 0 Å². The summed E-state index contributed by atoms with van der Waals surface area (Å²) in [5.41, 5.74) is -0.347. The standard InChI is InChI=1S/C10H13BrN2O2/c1-10(2,6-11)13-9(15)7-4-3-5-8(14)12-7/h3-5H,6H2,1-2H3,(H,12,14)(H,13,15). The van der Waals surface area contributed by atoms with Crippen LogP contribution in [0, 0.1) is 0 Å². The molecule has 4 nitrogen and oxygen atoms in total. The summed E-state index contributed by atoms with van der Waals surface area (Å²) in [6.07, 6.45) is 0. The summed E-state index contributed by atoms with van der Waals surface area (Å²) in [7, 11) is 0. The maximum Gasteiger partial charge on any atom is 0.268 e. The van der Waals surface area contributed by atoms with Crippen molar-refractivity contribution in [1.29, 1.82) is 0 Å². The zero-order chi connectivity index (χ0) is 11.5. The fourth-order valence-electron chi connectivity index (χ4n) is 0.988. The predicted molar refractivity (Wildman–Crippen MR) is 62.4 cm³/mol. The van der Waals surface area contributed by atoms with Gasteiger partial charge < -0.3 is 10.3 Å². The van der Waals surface area contributed by atoms with Gasteiger partial charge in [-0.2, -0.15) is 0 Å². The zero-order valence-electron chi connectivity index (χ0n) is 8.63. The van der Waals surface area contributed by atoms with E-state index < -0.39 is 0 Å². The van der Waals surface area contributed by atoms with Gasteiger partial charge in [-0.15, -0.1) is 0 Å². The van der Waals surface area contributed by atoms with Gasteiger partial charge >= 0.3 is 0 Å². The van der Waals surface area contributed by atoms with Crippen LogP contribution in [0.2, 0.25) is 0 Å². The highest BCUT2D eigenvalue weighted by molar-refractivity contribution is 9.09. The third-order valence-electron chi connectivity index (χ3n) is 1.80. The van der Waals surface area contributed by atoms with Crippen LogP contribution in [0.5, 0.6) is 0 Å². The summed E-state index contributed by atoms with van der Waals surface area (Å²) in [5, 5.41) is 3.44. The van der Waals surface area contributed by atoms with Crippen LogP contribution >= 0.6 is 15.9 Å². The van der Waals surface area contributed by atoms with E-state index in [2.05, 4.69) is 26.2 Å². The molecule has 0 aliphatic carbocycles. The van der Waals surface area contributed by atoms with Crippen molar-refractivity contribution in [2.45, 2.75) is 19.4 Å². The van der Waals surface area contributed by atoms with Crippen molar-refractivity contribution in [2.24, 2.45) is 0 Å². The summed E-state index contributed by atoms with van der Waals surface area (Å²) < 4.78 is 0. The first-order chi connectivity index (χ1) is 6.94. The molecule has 0 bridgehead atoms. The van der Waals surface area contributed by atoms with E-state index in [1.807, 2.05) is 13.8 Å². The van der Waals surface area contributed by atoms with E-state index in [0.717, 1.165) is 0 Å². The molecule has 1 amide bonds. The molecule has 1 aromatic rings. The first kappa shape index (κ1) is 12.0. The monoisotopic (exact) mass is 272 g/mol. The summed E-state index contributed by atoms with van der Waals surface area (Å²) >= 11 is 3.30. The minimum absolute atomic E-state index is 0.275. The van der Waals surface area contributed by atoms with Crippen LogP contribution in [0.15, 0.2) is 23.0 Å². The third-order valence-corrected chi connectivity index (χ3v) is 3.20. The van der Waals surface area contributed by atoms with Crippen molar-refractivity contribution in [3.8, 4) is 0 Å². The Balaban J connectivity index is 2.83. The lowest BCUT2D eigenvalue weighted by atomic mass is 10.1. The number of carbonyl (C=O) groups excluding carboxylic acids is 1. The largest absolute Gasteiger partial charge is 0.345 e. The maximum absolute atomic E-state index is 11.7.